The smallest absolute Gasteiger partial charge is 0.226 e. The van der Waals surface area contributed by atoms with Gasteiger partial charge in [0.1, 0.15) is 5.75 Å². The number of aliphatic imine (C=N–C) groups is 1. The number of halogens is 1. The van der Waals surface area contributed by atoms with Crippen molar-refractivity contribution in [2.45, 2.75) is 45.6 Å². The highest BCUT2D eigenvalue weighted by molar-refractivity contribution is 14.0. The number of ether oxygens (including phenoxy) is 1. The third kappa shape index (κ3) is 7.95. The fourth-order valence-electron chi connectivity index (χ4n) is 3.74. The molecule has 1 aliphatic heterocycles. The number of guanidine groups is 1. The summed E-state index contributed by atoms with van der Waals surface area (Å²) < 4.78 is 10.6. The lowest BCUT2D eigenvalue weighted by molar-refractivity contribution is 0.251. The van der Waals surface area contributed by atoms with Gasteiger partial charge in [-0.1, -0.05) is 17.3 Å². The van der Waals surface area contributed by atoms with E-state index in [4.69, 9.17) is 14.3 Å². The van der Waals surface area contributed by atoms with Gasteiger partial charge in [-0.05, 0) is 63.9 Å². The van der Waals surface area contributed by atoms with E-state index < -0.39 is 0 Å². The number of hydrogen-bond acceptors (Lipinski definition) is 6. The normalized spacial score (nSPS) is 15.4. The number of likely N-dealkylation sites (tertiary alicyclic amines) is 1. The van der Waals surface area contributed by atoms with E-state index in [0.717, 1.165) is 50.7 Å². The Morgan fingerprint density at radius 1 is 1.29 bits per heavy atom. The second-order valence-corrected chi connectivity index (χ2v) is 7.52. The molecule has 0 spiro atoms. The summed E-state index contributed by atoms with van der Waals surface area (Å²) in [6, 6.07) is 8.60. The van der Waals surface area contributed by atoms with Crippen molar-refractivity contribution in [1.29, 1.82) is 0 Å². The molecule has 8 nitrogen and oxygen atoms in total. The summed E-state index contributed by atoms with van der Waals surface area (Å²) in [5.41, 5.74) is 1.25. The molecular formula is C22H35IN6O2. The first kappa shape index (κ1) is 25.4. The third-order valence-electron chi connectivity index (χ3n) is 5.26. The lowest BCUT2D eigenvalue weighted by atomic mass is 10.1. The molecule has 1 aliphatic rings. The number of benzene rings is 1. The van der Waals surface area contributed by atoms with E-state index in [0.29, 0.717) is 18.3 Å². The molecule has 2 aromatic rings. The van der Waals surface area contributed by atoms with Crippen LogP contribution < -0.4 is 15.4 Å². The SMILES string of the molecule is CCNC(=NCC(c1cccc(OC)c1)N1CCCC1)NCCCc1nc(C)no1.I. The van der Waals surface area contributed by atoms with Gasteiger partial charge in [0, 0.05) is 19.5 Å². The first-order valence-electron chi connectivity index (χ1n) is 10.9. The van der Waals surface area contributed by atoms with Crippen LogP contribution in [0.2, 0.25) is 0 Å². The second kappa shape index (κ2) is 13.5. The molecular weight excluding hydrogens is 507 g/mol. The van der Waals surface area contributed by atoms with Crippen molar-refractivity contribution < 1.29 is 9.26 Å². The number of nitrogens with zero attached hydrogens (tertiary/aromatic N) is 4. The van der Waals surface area contributed by atoms with Crippen molar-refractivity contribution in [2.24, 2.45) is 4.99 Å². The molecule has 1 aromatic carbocycles. The average Bonchev–Trinajstić information content (AvgIpc) is 3.43. The highest BCUT2D eigenvalue weighted by Gasteiger charge is 2.23. The molecule has 0 amide bonds. The Morgan fingerprint density at radius 3 is 2.77 bits per heavy atom. The van der Waals surface area contributed by atoms with E-state index in [1.807, 2.05) is 13.0 Å². The van der Waals surface area contributed by atoms with Crippen molar-refractivity contribution in [3.8, 4) is 5.75 Å². The maximum Gasteiger partial charge on any atom is 0.226 e. The molecule has 1 aromatic heterocycles. The number of aryl methyl sites for hydroxylation is 2. The number of hydrogen-bond donors (Lipinski definition) is 2. The molecule has 2 N–H and O–H groups in total. The van der Waals surface area contributed by atoms with Crippen molar-refractivity contribution in [1.82, 2.24) is 25.7 Å². The lowest BCUT2D eigenvalue weighted by Gasteiger charge is -2.27. The molecule has 1 unspecified atom stereocenters. The van der Waals surface area contributed by atoms with Crippen LogP contribution in [-0.2, 0) is 6.42 Å². The van der Waals surface area contributed by atoms with Gasteiger partial charge in [0.2, 0.25) is 5.89 Å². The summed E-state index contributed by atoms with van der Waals surface area (Å²) in [6.45, 7) is 8.46. The van der Waals surface area contributed by atoms with Crippen LogP contribution in [0.25, 0.3) is 0 Å². The van der Waals surface area contributed by atoms with Gasteiger partial charge < -0.3 is 19.9 Å². The molecule has 2 heterocycles. The summed E-state index contributed by atoms with van der Waals surface area (Å²) in [5.74, 6) is 3.09. The number of rotatable bonds is 10. The van der Waals surface area contributed by atoms with Crippen LogP contribution in [0.5, 0.6) is 5.75 Å². The van der Waals surface area contributed by atoms with E-state index in [9.17, 15) is 0 Å². The first-order chi connectivity index (χ1) is 14.7. The zero-order chi connectivity index (χ0) is 21.2. The largest absolute Gasteiger partial charge is 0.497 e. The van der Waals surface area contributed by atoms with Crippen LogP contribution in [0, 0.1) is 6.92 Å². The average molecular weight is 542 g/mol. The topological polar surface area (TPSA) is 87.8 Å². The van der Waals surface area contributed by atoms with Crippen LogP contribution >= 0.6 is 24.0 Å². The standard InChI is InChI=1S/C22H34N6O2.HI/c1-4-23-22(24-12-8-11-21-26-17(2)27-30-21)25-16-20(28-13-5-6-14-28)18-9-7-10-19(15-18)29-3;/h7,9-10,15,20H,4-6,8,11-14,16H2,1-3H3,(H2,23,24,25);1H. The maximum absolute atomic E-state index is 5.44. The zero-order valence-corrected chi connectivity index (χ0v) is 21.1. The minimum atomic E-state index is 0. The molecule has 1 atom stereocenters. The zero-order valence-electron chi connectivity index (χ0n) is 18.8. The van der Waals surface area contributed by atoms with E-state index >= 15 is 0 Å². The first-order valence-corrected chi connectivity index (χ1v) is 10.9. The fraction of sp³-hybridized carbons (Fsp3) is 0.591. The molecule has 0 bridgehead atoms. The summed E-state index contributed by atoms with van der Waals surface area (Å²) >= 11 is 0. The van der Waals surface area contributed by atoms with Crippen molar-refractivity contribution >= 4 is 29.9 Å². The highest BCUT2D eigenvalue weighted by Crippen LogP contribution is 2.27. The monoisotopic (exact) mass is 542 g/mol. The number of nitrogens with one attached hydrogen (secondary N) is 2. The molecule has 1 fully saturated rings. The summed E-state index contributed by atoms with van der Waals surface area (Å²) in [6.07, 6.45) is 4.15. The molecule has 3 rings (SSSR count). The molecule has 172 valence electrons. The summed E-state index contributed by atoms with van der Waals surface area (Å²) in [5, 5.41) is 10.6. The lowest BCUT2D eigenvalue weighted by Crippen LogP contribution is -2.39. The maximum atomic E-state index is 5.44. The van der Waals surface area contributed by atoms with E-state index in [-0.39, 0.29) is 30.0 Å². The molecule has 31 heavy (non-hydrogen) atoms. The van der Waals surface area contributed by atoms with Gasteiger partial charge in [-0.2, -0.15) is 4.98 Å². The van der Waals surface area contributed by atoms with Gasteiger partial charge in [0.15, 0.2) is 11.8 Å². The quantitative estimate of drug-likeness (QED) is 0.206. The molecule has 9 heteroatoms. The Labute approximate surface area is 202 Å². The number of aromatic nitrogens is 2. The van der Waals surface area contributed by atoms with Gasteiger partial charge in [-0.25, -0.2) is 0 Å². The van der Waals surface area contributed by atoms with E-state index in [1.165, 1.54) is 18.4 Å². The Morgan fingerprint density at radius 2 is 2.10 bits per heavy atom. The predicted octanol–water partition coefficient (Wildman–Crippen LogP) is 3.33. The van der Waals surface area contributed by atoms with Gasteiger partial charge in [0.25, 0.3) is 0 Å². The predicted molar refractivity (Wildman–Crippen MR) is 133 cm³/mol. The van der Waals surface area contributed by atoms with Gasteiger partial charge in [0.05, 0.1) is 19.7 Å². The number of methoxy groups -OCH3 is 1. The van der Waals surface area contributed by atoms with Gasteiger partial charge in [-0.3, -0.25) is 9.89 Å². The minimum absolute atomic E-state index is 0. The molecule has 0 aliphatic carbocycles. The molecule has 1 saturated heterocycles. The van der Waals surface area contributed by atoms with Crippen LogP contribution in [0.15, 0.2) is 33.8 Å². The molecule has 0 radical (unpaired) electrons. The van der Waals surface area contributed by atoms with Gasteiger partial charge in [-0.15, -0.1) is 24.0 Å². The third-order valence-corrected chi connectivity index (χ3v) is 5.26. The Bertz CT molecular complexity index is 807. The minimum Gasteiger partial charge on any atom is -0.497 e. The van der Waals surface area contributed by atoms with Crippen molar-refractivity contribution in [3.05, 3.63) is 41.5 Å². The van der Waals surface area contributed by atoms with E-state index in [2.05, 4.69) is 50.8 Å². The Kier molecular flexibility index (Phi) is 11.1. The van der Waals surface area contributed by atoms with Crippen LogP contribution in [0.1, 0.15) is 49.5 Å². The highest BCUT2D eigenvalue weighted by atomic mass is 127. The van der Waals surface area contributed by atoms with Crippen LogP contribution in [0.4, 0.5) is 0 Å². The summed E-state index contributed by atoms with van der Waals surface area (Å²) in [4.78, 5) is 11.7. The molecule has 0 saturated carbocycles. The van der Waals surface area contributed by atoms with E-state index in [1.54, 1.807) is 7.11 Å². The van der Waals surface area contributed by atoms with Crippen molar-refractivity contribution in [3.63, 3.8) is 0 Å². The fourth-order valence-corrected chi connectivity index (χ4v) is 3.74. The second-order valence-electron chi connectivity index (χ2n) is 7.52. The van der Waals surface area contributed by atoms with Gasteiger partial charge >= 0.3 is 0 Å². The summed E-state index contributed by atoms with van der Waals surface area (Å²) in [7, 11) is 1.71. The van der Waals surface area contributed by atoms with Crippen LogP contribution in [-0.4, -0.2) is 60.8 Å². The van der Waals surface area contributed by atoms with Crippen LogP contribution in [0.3, 0.4) is 0 Å². The Hall–Kier alpha value is -1.88. The van der Waals surface area contributed by atoms with Crippen molar-refractivity contribution in [2.75, 3.05) is 39.8 Å². The Balaban J connectivity index is 0.00000341.